The first-order chi connectivity index (χ1) is 10.8. The topological polar surface area (TPSA) is 55.3 Å². The van der Waals surface area contributed by atoms with Gasteiger partial charge in [0, 0.05) is 43.4 Å². The van der Waals surface area contributed by atoms with Gasteiger partial charge in [-0.15, -0.1) is 0 Å². The van der Waals surface area contributed by atoms with Crippen LogP contribution in [0.25, 0.3) is 11.4 Å². The number of carbonyl (C=O) groups is 1. The number of hydrogen-bond acceptors (Lipinski definition) is 4. The molecule has 1 aromatic heterocycles. The SMILES string of the molecule is CCOCC(=O)N1CCc2nc(-c3ccccc3)ncc2C1. The van der Waals surface area contributed by atoms with Crippen LogP contribution in [-0.2, 0) is 22.5 Å². The molecule has 1 amide bonds. The van der Waals surface area contributed by atoms with Crippen LogP contribution in [0.4, 0.5) is 0 Å². The summed E-state index contributed by atoms with van der Waals surface area (Å²) in [6, 6.07) is 9.94. The fourth-order valence-electron chi connectivity index (χ4n) is 2.54. The van der Waals surface area contributed by atoms with Gasteiger partial charge in [0.25, 0.3) is 0 Å². The quantitative estimate of drug-likeness (QED) is 0.867. The fourth-order valence-corrected chi connectivity index (χ4v) is 2.54. The summed E-state index contributed by atoms with van der Waals surface area (Å²) in [7, 11) is 0. The molecule has 0 fully saturated rings. The maximum atomic E-state index is 12.0. The molecule has 0 bridgehead atoms. The molecule has 2 aromatic rings. The zero-order chi connectivity index (χ0) is 15.4. The Morgan fingerprint density at radius 2 is 2.14 bits per heavy atom. The van der Waals surface area contributed by atoms with E-state index in [0.29, 0.717) is 19.7 Å². The number of nitrogens with zero attached hydrogens (tertiary/aromatic N) is 3. The highest BCUT2D eigenvalue weighted by molar-refractivity contribution is 5.77. The van der Waals surface area contributed by atoms with Crippen LogP contribution in [0.5, 0.6) is 0 Å². The molecule has 22 heavy (non-hydrogen) atoms. The van der Waals surface area contributed by atoms with Gasteiger partial charge >= 0.3 is 0 Å². The molecular weight excluding hydrogens is 278 g/mol. The molecule has 1 aliphatic rings. The molecule has 3 rings (SSSR count). The van der Waals surface area contributed by atoms with E-state index in [4.69, 9.17) is 4.74 Å². The molecular formula is C17H19N3O2. The Bertz CT molecular complexity index is 658. The van der Waals surface area contributed by atoms with Crippen LogP contribution in [-0.4, -0.2) is 40.5 Å². The van der Waals surface area contributed by atoms with Crippen LogP contribution in [0, 0.1) is 0 Å². The van der Waals surface area contributed by atoms with Crippen LogP contribution in [0.15, 0.2) is 36.5 Å². The number of aromatic nitrogens is 2. The Morgan fingerprint density at radius 3 is 2.91 bits per heavy atom. The van der Waals surface area contributed by atoms with Gasteiger partial charge in [0.2, 0.25) is 5.91 Å². The van der Waals surface area contributed by atoms with Crippen LogP contribution >= 0.6 is 0 Å². The summed E-state index contributed by atoms with van der Waals surface area (Å²) >= 11 is 0. The summed E-state index contributed by atoms with van der Waals surface area (Å²) < 4.78 is 5.19. The van der Waals surface area contributed by atoms with E-state index in [1.54, 1.807) is 0 Å². The summed E-state index contributed by atoms with van der Waals surface area (Å²) in [6.07, 6.45) is 2.60. The minimum Gasteiger partial charge on any atom is -0.372 e. The molecule has 0 saturated heterocycles. The van der Waals surface area contributed by atoms with Crippen molar-refractivity contribution in [2.24, 2.45) is 0 Å². The van der Waals surface area contributed by atoms with Crippen LogP contribution in [0.3, 0.4) is 0 Å². The van der Waals surface area contributed by atoms with Gasteiger partial charge in [-0.3, -0.25) is 4.79 Å². The summed E-state index contributed by atoms with van der Waals surface area (Å²) in [6.45, 7) is 3.84. The van der Waals surface area contributed by atoms with E-state index < -0.39 is 0 Å². The maximum Gasteiger partial charge on any atom is 0.248 e. The van der Waals surface area contributed by atoms with Crippen molar-refractivity contribution in [2.75, 3.05) is 19.8 Å². The van der Waals surface area contributed by atoms with Crippen molar-refractivity contribution in [3.8, 4) is 11.4 Å². The minimum absolute atomic E-state index is 0.0274. The number of fused-ring (bicyclic) bond motifs is 1. The molecule has 0 saturated carbocycles. The molecule has 0 atom stereocenters. The number of rotatable bonds is 4. The third kappa shape index (κ3) is 3.14. The standard InChI is InChI=1S/C17H19N3O2/c1-2-22-12-16(21)20-9-8-15-14(11-20)10-18-17(19-15)13-6-4-3-5-7-13/h3-7,10H,2,8-9,11-12H2,1H3. The summed E-state index contributed by atoms with van der Waals surface area (Å²) in [5, 5.41) is 0. The van der Waals surface area contributed by atoms with Crippen LogP contribution < -0.4 is 0 Å². The second-order valence-electron chi connectivity index (χ2n) is 5.23. The van der Waals surface area contributed by atoms with Crippen LogP contribution in [0.1, 0.15) is 18.2 Å². The summed E-state index contributed by atoms with van der Waals surface area (Å²) in [5.74, 6) is 0.771. The number of hydrogen-bond donors (Lipinski definition) is 0. The zero-order valence-corrected chi connectivity index (χ0v) is 12.7. The van der Waals surface area contributed by atoms with Crippen molar-refractivity contribution in [3.63, 3.8) is 0 Å². The number of benzene rings is 1. The smallest absolute Gasteiger partial charge is 0.248 e. The van der Waals surface area contributed by atoms with Crippen molar-refractivity contribution in [3.05, 3.63) is 47.8 Å². The predicted octanol–water partition coefficient (Wildman–Crippen LogP) is 2.06. The van der Waals surface area contributed by atoms with Gasteiger partial charge in [-0.2, -0.15) is 0 Å². The average molecular weight is 297 g/mol. The highest BCUT2D eigenvalue weighted by atomic mass is 16.5. The second-order valence-corrected chi connectivity index (χ2v) is 5.23. The molecule has 0 aliphatic carbocycles. The highest BCUT2D eigenvalue weighted by Gasteiger charge is 2.22. The molecule has 0 radical (unpaired) electrons. The molecule has 1 aromatic carbocycles. The third-order valence-corrected chi connectivity index (χ3v) is 3.75. The highest BCUT2D eigenvalue weighted by Crippen LogP contribution is 2.20. The summed E-state index contributed by atoms with van der Waals surface area (Å²) in [5.41, 5.74) is 3.07. The largest absolute Gasteiger partial charge is 0.372 e. The van der Waals surface area contributed by atoms with E-state index >= 15 is 0 Å². The molecule has 0 spiro atoms. The van der Waals surface area contributed by atoms with Gasteiger partial charge in [0.1, 0.15) is 6.61 Å². The van der Waals surface area contributed by atoms with Crippen molar-refractivity contribution >= 4 is 5.91 Å². The van der Waals surface area contributed by atoms with Gasteiger partial charge in [-0.25, -0.2) is 9.97 Å². The van der Waals surface area contributed by atoms with Gasteiger partial charge in [0.05, 0.1) is 5.69 Å². The first-order valence-electron chi connectivity index (χ1n) is 7.53. The monoisotopic (exact) mass is 297 g/mol. The lowest BCUT2D eigenvalue weighted by Crippen LogP contribution is -2.38. The molecule has 114 valence electrons. The molecule has 5 heteroatoms. The lowest BCUT2D eigenvalue weighted by atomic mass is 10.1. The molecule has 1 aliphatic heterocycles. The number of amides is 1. The minimum atomic E-state index is 0.0274. The normalized spacial score (nSPS) is 13.8. The van der Waals surface area contributed by atoms with Gasteiger partial charge in [0.15, 0.2) is 5.82 Å². The first-order valence-corrected chi connectivity index (χ1v) is 7.53. The number of ether oxygens (including phenoxy) is 1. The maximum absolute atomic E-state index is 12.0. The zero-order valence-electron chi connectivity index (χ0n) is 12.7. The Morgan fingerprint density at radius 1 is 1.32 bits per heavy atom. The van der Waals surface area contributed by atoms with E-state index in [1.165, 1.54) is 0 Å². The average Bonchev–Trinajstić information content (AvgIpc) is 2.59. The van der Waals surface area contributed by atoms with Crippen molar-refractivity contribution in [1.29, 1.82) is 0 Å². The Labute approximate surface area is 130 Å². The predicted molar refractivity (Wildman–Crippen MR) is 83.1 cm³/mol. The Kier molecular flexibility index (Phi) is 4.44. The van der Waals surface area contributed by atoms with E-state index in [9.17, 15) is 4.79 Å². The Balaban J connectivity index is 1.75. The molecule has 0 unspecified atom stereocenters. The number of carbonyl (C=O) groups excluding carboxylic acids is 1. The lowest BCUT2D eigenvalue weighted by molar-refractivity contribution is -0.136. The Hall–Kier alpha value is -2.27. The van der Waals surface area contributed by atoms with E-state index in [-0.39, 0.29) is 12.5 Å². The van der Waals surface area contributed by atoms with E-state index in [0.717, 1.165) is 29.1 Å². The van der Waals surface area contributed by atoms with Crippen molar-refractivity contribution in [1.82, 2.24) is 14.9 Å². The molecule has 5 nitrogen and oxygen atoms in total. The molecule has 0 N–H and O–H groups in total. The molecule has 2 heterocycles. The van der Waals surface area contributed by atoms with E-state index in [1.807, 2.05) is 48.4 Å². The van der Waals surface area contributed by atoms with Crippen molar-refractivity contribution < 1.29 is 9.53 Å². The summed E-state index contributed by atoms with van der Waals surface area (Å²) in [4.78, 5) is 22.9. The van der Waals surface area contributed by atoms with Gasteiger partial charge in [-0.1, -0.05) is 30.3 Å². The fraction of sp³-hybridized carbons (Fsp3) is 0.353. The van der Waals surface area contributed by atoms with Crippen LogP contribution in [0.2, 0.25) is 0 Å². The third-order valence-electron chi connectivity index (χ3n) is 3.75. The lowest BCUT2D eigenvalue weighted by Gasteiger charge is -2.28. The van der Waals surface area contributed by atoms with Crippen molar-refractivity contribution in [2.45, 2.75) is 19.9 Å². The second kappa shape index (κ2) is 6.66. The van der Waals surface area contributed by atoms with E-state index in [2.05, 4.69) is 9.97 Å². The van der Waals surface area contributed by atoms with Gasteiger partial charge < -0.3 is 9.64 Å². The first kappa shape index (κ1) is 14.7. The van der Waals surface area contributed by atoms with Gasteiger partial charge in [-0.05, 0) is 6.92 Å².